The largest absolute Gasteiger partial charge is 0.366 e. The summed E-state index contributed by atoms with van der Waals surface area (Å²) >= 11 is 3.55. The molecule has 2 nitrogen and oxygen atoms in total. The van der Waals surface area contributed by atoms with E-state index < -0.39 is 0 Å². The van der Waals surface area contributed by atoms with Gasteiger partial charge in [0.15, 0.2) is 0 Å². The van der Waals surface area contributed by atoms with Gasteiger partial charge in [0.25, 0.3) is 0 Å². The molecule has 0 spiro atoms. The fraction of sp³-hybridized carbons (Fsp3) is 0.625. The molecule has 0 aromatic heterocycles. The molecular weight excluding hydrogens is 300 g/mol. The molecule has 0 saturated carbocycles. The van der Waals surface area contributed by atoms with E-state index in [9.17, 15) is 0 Å². The van der Waals surface area contributed by atoms with Gasteiger partial charge < -0.3 is 10.2 Å². The number of anilines is 1. The molecule has 1 aromatic carbocycles. The summed E-state index contributed by atoms with van der Waals surface area (Å²) in [7, 11) is 0. The Morgan fingerprint density at radius 1 is 1.32 bits per heavy atom. The molecule has 0 amide bonds. The normalized spacial score (nSPS) is 24.6. The molecule has 0 radical (unpaired) electrons. The smallest absolute Gasteiger partial charge is 0.0400 e. The van der Waals surface area contributed by atoms with Gasteiger partial charge in [-0.1, -0.05) is 36.7 Å². The van der Waals surface area contributed by atoms with Gasteiger partial charge in [-0.25, -0.2) is 0 Å². The predicted molar refractivity (Wildman–Crippen MR) is 86.9 cm³/mol. The molecule has 1 aliphatic heterocycles. The van der Waals surface area contributed by atoms with E-state index in [2.05, 4.69) is 79.0 Å². The van der Waals surface area contributed by atoms with Crippen LogP contribution in [0.3, 0.4) is 0 Å². The number of nitrogens with one attached hydrogen (secondary N) is 1. The fourth-order valence-corrected chi connectivity index (χ4v) is 3.20. The lowest BCUT2D eigenvalue weighted by molar-refractivity contribution is 0.239. The molecule has 1 heterocycles. The van der Waals surface area contributed by atoms with Gasteiger partial charge in [-0.3, -0.25) is 0 Å². The van der Waals surface area contributed by atoms with Crippen LogP contribution in [-0.2, 0) is 0 Å². The highest BCUT2D eigenvalue weighted by Crippen LogP contribution is 2.30. The molecule has 1 aromatic rings. The maximum Gasteiger partial charge on any atom is 0.0400 e. The number of aryl methyl sites for hydroxylation is 1. The third kappa shape index (κ3) is 3.32. The maximum absolute atomic E-state index is 3.69. The summed E-state index contributed by atoms with van der Waals surface area (Å²) in [5.74, 6) is 0. The van der Waals surface area contributed by atoms with Crippen molar-refractivity contribution in [3.8, 4) is 0 Å². The van der Waals surface area contributed by atoms with Crippen molar-refractivity contribution >= 4 is 21.6 Å². The van der Waals surface area contributed by atoms with Crippen molar-refractivity contribution in [1.29, 1.82) is 0 Å². The number of halogens is 1. The highest BCUT2D eigenvalue weighted by molar-refractivity contribution is 9.10. The summed E-state index contributed by atoms with van der Waals surface area (Å²) in [6, 6.07) is 7.66. The van der Waals surface area contributed by atoms with Crippen LogP contribution in [0, 0.1) is 12.3 Å². The van der Waals surface area contributed by atoms with Crippen molar-refractivity contribution in [2.24, 2.45) is 5.41 Å². The van der Waals surface area contributed by atoms with Crippen molar-refractivity contribution < 1.29 is 0 Å². The topological polar surface area (TPSA) is 15.3 Å². The van der Waals surface area contributed by atoms with E-state index in [1.54, 1.807) is 0 Å². The van der Waals surface area contributed by atoms with Gasteiger partial charge in [0.2, 0.25) is 0 Å². The Morgan fingerprint density at radius 2 is 2.00 bits per heavy atom. The third-order valence-corrected chi connectivity index (χ3v) is 4.58. The minimum atomic E-state index is 0.293. The average Bonchev–Trinajstić information content (AvgIpc) is 2.29. The average molecular weight is 325 g/mol. The lowest BCUT2D eigenvalue weighted by atomic mass is 9.84. The van der Waals surface area contributed by atoms with Crippen LogP contribution in [-0.4, -0.2) is 25.2 Å². The van der Waals surface area contributed by atoms with Gasteiger partial charge in [-0.2, -0.15) is 0 Å². The standard InChI is InChI=1S/C16H25BrN2/c1-11-8-13(17)6-7-14(11)19-10-15(16(3,4)5)18-9-12(19)2/h6-8,12,15,18H,9-10H2,1-5H3. The molecule has 0 aliphatic carbocycles. The van der Waals surface area contributed by atoms with Gasteiger partial charge in [-0.15, -0.1) is 0 Å². The van der Waals surface area contributed by atoms with E-state index in [0.717, 1.165) is 17.6 Å². The SMILES string of the molecule is Cc1cc(Br)ccc1N1CC(C(C)(C)C)NCC1C. The Morgan fingerprint density at radius 3 is 2.58 bits per heavy atom. The summed E-state index contributed by atoms with van der Waals surface area (Å²) in [6.07, 6.45) is 0. The van der Waals surface area contributed by atoms with Crippen LogP contribution in [0.15, 0.2) is 22.7 Å². The predicted octanol–water partition coefficient (Wildman–Crippen LogP) is 3.97. The molecule has 1 aliphatic rings. The molecule has 1 saturated heterocycles. The third-order valence-electron chi connectivity index (χ3n) is 4.08. The highest BCUT2D eigenvalue weighted by atomic mass is 79.9. The van der Waals surface area contributed by atoms with E-state index in [1.807, 2.05) is 0 Å². The van der Waals surface area contributed by atoms with Gasteiger partial charge in [-0.05, 0) is 43.0 Å². The van der Waals surface area contributed by atoms with E-state index >= 15 is 0 Å². The van der Waals surface area contributed by atoms with Crippen molar-refractivity contribution in [3.05, 3.63) is 28.2 Å². The first-order valence-electron chi connectivity index (χ1n) is 7.05. The number of hydrogen-bond donors (Lipinski definition) is 1. The summed E-state index contributed by atoms with van der Waals surface area (Å²) in [6.45, 7) is 13.6. The van der Waals surface area contributed by atoms with Crippen molar-refractivity contribution in [2.75, 3.05) is 18.0 Å². The Balaban J connectivity index is 2.26. The molecule has 19 heavy (non-hydrogen) atoms. The first-order valence-corrected chi connectivity index (χ1v) is 7.84. The second kappa shape index (κ2) is 5.45. The molecule has 106 valence electrons. The Bertz CT molecular complexity index is 451. The summed E-state index contributed by atoms with van der Waals surface area (Å²) in [5, 5.41) is 3.69. The molecule has 0 bridgehead atoms. The van der Waals surface area contributed by atoms with Crippen molar-refractivity contribution in [2.45, 2.75) is 46.7 Å². The molecule has 2 unspecified atom stereocenters. The second-order valence-electron chi connectivity index (χ2n) is 6.76. The van der Waals surface area contributed by atoms with Crippen LogP contribution in [0.5, 0.6) is 0 Å². The van der Waals surface area contributed by atoms with Crippen molar-refractivity contribution in [1.82, 2.24) is 5.32 Å². The lowest BCUT2D eigenvalue weighted by Crippen LogP contribution is -2.59. The summed E-state index contributed by atoms with van der Waals surface area (Å²) < 4.78 is 1.16. The first-order chi connectivity index (χ1) is 8.79. The van der Waals surface area contributed by atoms with Gasteiger partial charge >= 0.3 is 0 Å². The quantitative estimate of drug-likeness (QED) is 0.840. The molecule has 3 heteroatoms. The summed E-state index contributed by atoms with van der Waals surface area (Å²) in [5.41, 5.74) is 3.00. The van der Waals surface area contributed by atoms with E-state index in [4.69, 9.17) is 0 Å². The van der Waals surface area contributed by atoms with Gasteiger partial charge in [0, 0.05) is 35.3 Å². The molecule has 1 fully saturated rings. The maximum atomic E-state index is 3.69. The molecule has 2 atom stereocenters. The van der Waals surface area contributed by atoms with Crippen LogP contribution in [0.1, 0.15) is 33.3 Å². The Kier molecular flexibility index (Phi) is 4.26. The Labute approximate surface area is 125 Å². The molecular formula is C16H25BrN2. The number of hydrogen-bond acceptors (Lipinski definition) is 2. The van der Waals surface area contributed by atoms with E-state index in [1.165, 1.54) is 11.3 Å². The van der Waals surface area contributed by atoms with E-state index in [-0.39, 0.29) is 0 Å². The van der Waals surface area contributed by atoms with Crippen LogP contribution in [0.25, 0.3) is 0 Å². The minimum absolute atomic E-state index is 0.293. The Hall–Kier alpha value is -0.540. The van der Waals surface area contributed by atoms with Crippen LogP contribution >= 0.6 is 15.9 Å². The number of nitrogens with zero attached hydrogens (tertiary/aromatic N) is 1. The van der Waals surface area contributed by atoms with Gasteiger partial charge in [0.05, 0.1) is 0 Å². The number of benzene rings is 1. The van der Waals surface area contributed by atoms with Gasteiger partial charge in [0.1, 0.15) is 0 Å². The zero-order valence-electron chi connectivity index (χ0n) is 12.6. The second-order valence-corrected chi connectivity index (χ2v) is 7.67. The number of piperazine rings is 1. The molecule has 1 N–H and O–H groups in total. The minimum Gasteiger partial charge on any atom is -0.366 e. The fourth-order valence-electron chi connectivity index (χ4n) is 2.72. The lowest BCUT2D eigenvalue weighted by Gasteiger charge is -2.45. The zero-order chi connectivity index (χ0) is 14.2. The van der Waals surface area contributed by atoms with Crippen LogP contribution in [0.4, 0.5) is 5.69 Å². The van der Waals surface area contributed by atoms with Crippen LogP contribution < -0.4 is 10.2 Å². The molecule has 2 rings (SSSR count). The van der Waals surface area contributed by atoms with E-state index in [0.29, 0.717) is 17.5 Å². The highest BCUT2D eigenvalue weighted by Gasteiger charge is 2.32. The van der Waals surface area contributed by atoms with Crippen molar-refractivity contribution in [3.63, 3.8) is 0 Å². The monoisotopic (exact) mass is 324 g/mol. The first kappa shape index (κ1) is 14.9. The zero-order valence-corrected chi connectivity index (χ0v) is 14.2. The summed E-state index contributed by atoms with van der Waals surface area (Å²) in [4.78, 5) is 2.55. The van der Waals surface area contributed by atoms with Crippen LogP contribution in [0.2, 0.25) is 0 Å². The number of rotatable bonds is 1.